The van der Waals surface area contributed by atoms with Crippen LogP contribution in [0.5, 0.6) is 0 Å². The number of aliphatic hydroxyl groups is 1. The second-order valence-electron chi connectivity index (χ2n) is 4.24. The average Bonchev–Trinajstić information content (AvgIpc) is 2.34. The Hall–Kier alpha value is -1.26. The van der Waals surface area contributed by atoms with E-state index in [0.29, 0.717) is 31.2 Å². The Morgan fingerprint density at radius 3 is 2.71 bits per heavy atom. The maximum Gasteiger partial charge on any atom is 0.182 e. The molecule has 1 rings (SSSR count). The zero-order chi connectivity index (χ0) is 12.7. The second kappa shape index (κ2) is 7.14. The number of nitrogens with zero attached hydrogens (tertiary/aromatic N) is 2. The number of aromatic nitrogens is 1. The number of rotatable bonds is 7. The van der Waals surface area contributed by atoms with E-state index in [2.05, 4.69) is 23.7 Å². The molecule has 0 aromatic carbocycles. The van der Waals surface area contributed by atoms with Gasteiger partial charge in [0.15, 0.2) is 5.78 Å². The van der Waals surface area contributed by atoms with Crippen LogP contribution in [-0.4, -0.2) is 46.5 Å². The SMILES string of the molecule is CC(C)N(CCO)CCC(=O)c1ccccn1. The fourth-order valence-corrected chi connectivity index (χ4v) is 1.66. The zero-order valence-corrected chi connectivity index (χ0v) is 10.5. The van der Waals surface area contributed by atoms with Crippen LogP contribution in [0, 0.1) is 0 Å². The van der Waals surface area contributed by atoms with Crippen molar-refractivity contribution in [1.82, 2.24) is 9.88 Å². The van der Waals surface area contributed by atoms with Gasteiger partial charge in [0.05, 0.1) is 6.61 Å². The van der Waals surface area contributed by atoms with E-state index in [1.165, 1.54) is 0 Å². The summed E-state index contributed by atoms with van der Waals surface area (Å²) in [6.07, 6.45) is 2.07. The van der Waals surface area contributed by atoms with Gasteiger partial charge >= 0.3 is 0 Å². The molecular formula is C13H20N2O2. The highest BCUT2D eigenvalue weighted by molar-refractivity contribution is 5.94. The molecule has 0 amide bonds. The Morgan fingerprint density at radius 1 is 1.41 bits per heavy atom. The number of carbonyl (C=O) groups excluding carboxylic acids is 1. The van der Waals surface area contributed by atoms with Gasteiger partial charge in [-0.3, -0.25) is 14.7 Å². The van der Waals surface area contributed by atoms with E-state index >= 15 is 0 Å². The fraction of sp³-hybridized carbons (Fsp3) is 0.538. The molecule has 1 aromatic heterocycles. The summed E-state index contributed by atoms with van der Waals surface area (Å²) >= 11 is 0. The summed E-state index contributed by atoms with van der Waals surface area (Å²) in [4.78, 5) is 17.9. The minimum Gasteiger partial charge on any atom is -0.395 e. The van der Waals surface area contributed by atoms with E-state index in [9.17, 15) is 4.79 Å². The van der Waals surface area contributed by atoms with Gasteiger partial charge in [-0.1, -0.05) is 6.07 Å². The molecule has 1 N–H and O–H groups in total. The molecule has 0 bridgehead atoms. The van der Waals surface area contributed by atoms with Gasteiger partial charge in [-0.2, -0.15) is 0 Å². The number of Topliss-reactive ketones (excluding diaryl/α,β-unsaturated/α-hetero) is 1. The van der Waals surface area contributed by atoms with Gasteiger partial charge in [-0.05, 0) is 26.0 Å². The first-order valence-corrected chi connectivity index (χ1v) is 5.94. The molecule has 17 heavy (non-hydrogen) atoms. The van der Waals surface area contributed by atoms with E-state index in [1.54, 1.807) is 18.3 Å². The lowest BCUT2D eigenvalue weighted by atomic mass is 10.1. The van der Waals surface area contributed by atoms with E-state index in [0.717, 1.165) is 0 Å². The first kappa shape index (κ1) is 13.8. The largest absolute Gasteiger partial charge is 0.395 e. The highest BCUT2D eigenvalue weighted by Crippen LogP contribution is 2.03. The van der Waals surface area contributed by atoms with Crippen molar-refractivity contribution in [3.05, 3.63) is 30.1 Å². The first-order valence-electron chi connectivity index (χ1n) is 5.94. The van der Waals surface area contributed by atoms with Gasteiger partial charge in [0, 0.05) is 31.7 Å². The van der Waals surface area contributed by atoms with Crippen molar-refractivity contribution in [2.24, 2.45) is 0 Å². The van der Waals surface area contributed by atoms with Gasteiger partial charge in [0.1, 0.15) is 5.69 Å². The minimum atomic E-state index is 0.0502. The van der Waals surface area contributed by atoms with E-state index in [1.807, 2.05) is 6.07 Å². The Labute approximate surface area is 102 Å². The van der Waals surface area contributed by atoms with E-state index < -0.39 is 0 Å². The maximum atomic E-state index is 11.8. The number of carbonyl (C=O) groups is 1. The van der Waals surface area contributed by atoms with Crippen molar-refractivity contribution in [2.75, 3.05) is 19.7 Å². The number of ketones is 1. The van der Waals surface area contributed by atoms with Crippen molar-refractivity contribution < 1.29 is 9.90 Å². The smallest absolute Gasteiger partial charge is 0.182 e. The molecule has 4 heteroatoms. The van der Waals surface area contributed by atoms with Gasteiger partial charge in [-0.25, -0.2) is 0 Å². The molecule has 0 fully saturated rings. The van der Waals surface area contributed by atoms with Crippen LogP contribution in [-0.2, 0) is 0 Å². The molecule has 1 aromatic rings. The highest BCUT2D eigenvalue weighted by atomic mass is 16.3. The van der Waals surface area contributed by atoms with E-state index in [-0.39, 0.29) is 12.4 Å². The van der Waals surface area contributed by atoms with Crippen LogP contribution in [0.1, 0.15) is 30.8 Å². The van der Waals surface area contributed by atoms with Crippen LogP contribution in [0.4, 0.5) is 0 Å². The molecule has 0 spiro atoms. The summed E-state index contributed by atoms with van der Waals surface area (Å²) in [5.41, 5.74) is 0.514. The molecule has 0 saturated heterocycles. The highest BCUT2D eigenvalue weighted by Gasteiger charge is 2.12. The van der Waals surface area contributed by atoms with Crippen LogP contribution in [0.3, 0.4) is 0 Å². The summed E-state index contributed by atoms with van der Waals surface area (Å²) in [7, 11) is 0. The number of hydrogen-bond donors (Lipinski definition) is 1. The monoisotopic (exact) mass is 236 g/mol. The van der Waals surface area contributed by atoms with Crippen LogP contribution in [0.25, 0.3) is 0 Å². The molecule has 0 radical (unpaired) electrons. The molecule has 94 valence electrons. The van der Waals surface area contributed by atoms with Gasteiger partial charge < -0.3 is 5.11 Å². The summed E-state index contributed by atoms with van der Waals surface area (Å²) in [6.45, 7) is 5.50. The van der Waals surface area contributed by atoms with Crippen molar-refractivity contribution in [2.45, 2.75) is 26.3 Å². The Morgan fingerprint density at radius 2 is 2.18 bits per heavy atom. The standard InChI is InChI=1S/C13H20N2O2/c1-11(2)15(9-10-16)8-6-13(17)12-5-3-4-7-14-12/h3-5,7,11,16H,6,8-10H2,1-2H3. The van der Waals surface area contributed by atoms with Crippen LogP contribution in [0.15, 0.2) is 24.4 Å². The van der Waals surface area contributed by atoms with Crippen molar-refractivity contribution >= 4 is 5.78 Å². The second-order valence-corrected chi connectivity index (χ2v) is 4.24. The average molecular weight is 236 g/mol. The maximum absolute atomic E-state index is 11.8. The molecule has 0 aliphatic heterocycles. The van der Waals surface area contributed by atoms with Crippen LogP contribution < -0.4 is 0 Å². The molecule has 1 heterocycles. The molecule has 0 unspecified atom stereocenters. The zero-order valence-electron chi connectivity index (χ0n) is 10.5. The predicted octanol–water partition coefficient (Wildman–Crippen LogP) is 1.36. The Bertz CT molecular complexity index is 339. The normalized spacial score (nSPS) is 11.1. The summed E-state index contributed by atoms with van der Waals surface area (Å²) in [5.74, 6) is 0.0502. The molecular weight excluding hydrogens is 216 g/mol. The van der Waals surface area contributed by atoms with Crippen molar-refractivity contribution in [3.8, 4) is 0 Å². The summed E-state index contributed by atoms with van der Waals surface area (Å²) in [5, 5.41) is 8.93. The lowest BCUT2D eigenvalue weighted by molar-refractivity contribution is 0.0939. The molecule has 0 saturated carbocycles. The molecule has 0 atom stereocenters. The number of aliphatic hydroxyl groups excluding tert-OH is 1. The number of hydrogen-bond acceptors (Lipinski definition) is 4. The van der Waals surface area contributed by atoms with Gasteiger partial charge in [0.2, 0.25) is 0 Å². The Balaban J connectivity index is 2.47. The molecule has 0 aliphatic carbocycles. The van der Waals surface area contributed by atoms with Crippen LogP contribution in [0.2, 0.25) is 0 Å². The number of pyridine rings is 1. The fourth-order valence-electron chi connectivity index (χ4n) is 1.66. The van der Waals surface area contributed by atoms with Crippen LogP contribution >= 0.6 is 0 Å². The lowest BCUT2D eigenvalue weighted by Gasteiger charge is -2.24. The van der Waals surface area contributed by atoms with Gasteiger partial charge in [-0.15, -0.1) is 0 Å². The lowest BCUT2D eigenvalue weighted by Crippen LogP contribution is -2.35. The first-order chi connectivity index (χ1) is 8.15. The minimum absolute atomic E-state index is 0.0502. The van der Waals surface area contributed by atoms with Crippen molar-refractivity contribution in [1.29, 1.82) is 0 Å². The third-order valence-electron chi connectivity index (χ3n) is 2.69. The predicted molar refractivity (Wildman–Crippen MR) is 67.0 cm³/mol. The molecule has 4 nitrogen and oxygen atoms in total. The quantitative estimate of drug-likeness (QED) is 0.726. The third-order valence-corrected chi connectivity index (χ3v) is 2.69. The van der Waals surface area contributed by atoms with E-state index in [4.69, 9.17) is 5.11 Å². The third kappa shape index (κ3) is 4.63. The topological polar surface area (TPSA) is 53.4 Å². The summed E-state index contributed by atoms with van der Waals surface area (Å²) < 4.78 is 0. The molecule has 0 aliphatic rings. The summed E-state index contributed by atoms with van der Waals surface area (Å²) in [6, 6.07) is 5.67. The van der Waals surface area contributed by atoms with Gasteiger partial charge in [0.25, 0.3) is 0 Å². The van der Waals surface area contributed by atoms with Crippen molar-refractivity contribution in [3.63, 3.8) is 0 Å². The Kier molecular flexibility index (Phi) is 5.80.